The number of fused-ring (bicyclic) bond motifs is 14. The van der Waals surface area contributed by atoms with Crippen molar-refractivity contribution in [1.82, 2.24) is 5.32 Å². The monoisotopic (exact) mass is 1090 g/mol. The van der Waals surface area contributed by atoms with Crippen molar-refractivity contribution in [3.05, 3.63) is 100.0 Å². The predicted molar refractivity (Wildman–Crippen MR) is 274 cm³/mol. The zero-order valence-electron chi connectivity index (χ0n) is 43.6. The second-order valence-electron chi connectivity index (χ2n) is 19.9. The molecule has 0 saturated carbocycles. The van der Waals surface area contributed by atoms with Gasteiger partial charge in [-0.15, -0.1) is 0 Å². The Balaban J connectivity index is 1.63. The molecule has 2 aromatic carbocycles. The molecular weight excluding hydrogens is 1010 g/mol. The van der Waals surface area contributed by atoms with Gasteiger partial charge >= 0.3 is 263 Å². The summed E-state index contributed by atoms with van der Waals surface area (Å²) in [6, 6.07) is 7.66. The van der Waals surface area contributed by atoms with Crippen LogP contribution in [0.4, 0.5) is 0 Å². The van der Waals surface area contributed by atoms with E-state index in [1.165, 1.54) is 70.1 Å². The van der Waals surface area contributed by atoms with Crippen molar-refractivity contribution in [1.29, 1.82) is 0 Å². The summed E-state index contributed by atoms with van der Waals surface area (Å²) in [7, 11) is 1.43. The quantitative estimate of drug-likeness (QED) is 0.0920. The molecule has 0 unspecified atom stereocenters. The van der Waals surface area contributed by atoms with E-state index in [0.717, 1.165) is 44.6 Å². The van der Waals surface area contributed by atoms with Crippen molar-refractivity contribution >= 4 is 57.2 Å². The second-order valence-corrected chi connectivity index (χ2v) is 33.2. The fraction of sp³-hybridized carbons (Fsp3) is 0.536. The Labute approximate surface area is 423 Å². The van der Waals surface area contributed by atoms with Gasteiger partial charge < -0.3 is 19.7 Å². The molecule has 3 heterocycles. The molecule has 14 nitrogen and oxygen atoms in total. The number of methoxy groups -OCH3 is 1. The number of carbonyl (C=O) groups excluding carboxylic acids is 6. The van der Waals surface area contributed by atoms with Crippen molar-refractivity contribution in [3.8, 4) is 11.5 Å². The number of nitrogens with one attached hydrogen (secondary N) is 1. The number of Topliss-reactive ketones (excluding diaryl/α,β-unsaturated/α-hetero) is 2. The molecule has 1 amide bonds. The molecule has 1 aliphatic carbocycles. The number of ketones is 3. The number of amides is 1. The van der Waals surface area contributed by atoms with Crippen molar-refractivity contribution in [2.45, 2.75) is 158 Å². The summed E-state index contributed by atoms with van der Waals surface area (Å²) in [4.78, 5) is 84.1. The fourth-order valence-corrected chi connectivity index (χ4v) is 26.1. The molecule has 386 valence electrons. The first-order valence-electron chi connectivity index (χ1n) is 25.3. The van der Waals surface area contributed by atoms with Gasteiger partial charge in [-0.3, -0.25) is 9.59 Å². The third kappa shape index (κ3) is 12.5. The minimum atomic E-state index is -2.88. The van der Waals surface area contributed by atoms with Gasteiger partial charge in [-0.25, -0.2) is 0 Å². The van der Waals surface area contributed by atoms with Crippen LogP contribution in [0.25, 0.3) is 0 Å². The summed E-state index contributed by atoms with van der Waals surface area (Å²) in [5.41, 5.74) is -1.02. The number of ether oxygens (including phenoxy) is 5. The Bertz CT molecular complexity index is 2430. The molecular formula is C56H75NO13Sn. The molecule has 0 aromatic heterocycles. The van der Waals surface area contributed by atoms with E-state index in [1.807, 2.05) is 0 Å². The second kappa shape index (κ2) is 24.7. The van der Waals surface area contributed by atoms with E-state index in [0.29, 0.717) is 0 Å². The molecule has 0 saturated heterocycles. The number of aliphatic hydroxyl groups is 2. The summed E-state index contributed by atoms with van der Waals surface area (Å²) in [5, 5.41) is 25.5. The molecule has 4 aliphatic rings. The van der Waals surface area contributed by atoms with Crippen molar-refractivity contribution < 1.29 is 62.7 Å². The first kappa shape index (κ1) is 57.0. The Morgan fingerprint density at radius 3 is 1.99 bits per heavy atom. The maximum absolute atomic E-state index is 14.7. The minimum absolute atomic E-state index is 0.0634. The van der Waals surface area contributed by atoms with Crippen LogP contribution in [0.3, 0.4) is 0 Å². The Hall–Kier alpha value is -4.90. The van der Waals surface area contributed by atoms with Gasteiger partial charge in [-0.05, 0) is 13.0 Å². The van der Waals surface area contributed by atoms with Crippen molar-refractivity contribution in [2.24, 2.45) is 23.7 Å². The van der Waals surface area contributed by atoms with Crippen LogP contribution in [0.15, 0.2) is 72.2 Å². The van der Waals surface area contributed by atoms with Crippen LogP contribution in [0.2, 0.25) is 13.3 Å². The van der Waals surface area contributed by atoms with E-state index < -0.39 is 119 Å². The number of rotatable bonds is 14. The summed E-state index contributed by atoms with van der Waals surface area (Å²) < 4.78 is 35.1. The van der Waals surface area contributed by atoms with Gasteiger partial charge in [-0.2, -0.15) is 0 Å². The third-order valence-electron chi connectivity index (χ3n) is 14.7. The molecule has 6 rings (SSSR count). The van der Waals surface area contributed by atoms with Gasteiger partial charge in [0.15, 0.2) is 0 Å². The van der Waals surface area contributed by atoms with Crippen LogP contribution in [0.5, 0.6) is 11.5 Å². The van der Waals surface area contributed by atoms with E-state index in [9.17, 15) is 39.0 Å². The number of aliphatic hydroxyl groups excluding tert-OH is 2. The zero-order valence-corrected chi connectivity index (χ0v) is 46.5. The topological polar surface area (TPSA) is 201 Å². The number of carbonyl (C=O) groups is 6. The number of hydrogen-bond acceptors (Lipinski definition) is 13. The van der Waals surface area contributed by atoms with Crippen LogP contribution in [-0.2, 0) is 23.8 Å². The van der Waals surface area contributed by atoms with E-state index in [2.05, 4.69) is 38.2 Å². The average Bonchev–Trinajstić information content (AvgIpc) is 3.61. The van der Waals surface area contributed by atoms with Gasteiger partial charge in [0.25, 0.3) is 0 Å². The van der Waals surface area contributed by atoms with Crippen LogP contribution in [0.1, 0.15) is 155 Å². The third-order valence-corrected chi connectivity index (χ3v) is 30.4. The van der Waals surface area contributed by atoms with Crippen molar-refractivity contribution in [3.63, 3.8) is 0 Å². The first-order chi connectivity index (χ1) is 33.6. The molecule has 3 N–H and O–H groups in total. The van der Waals surface area contributed by atoms with Gasteiger partial charge in [0.2, 0.25) is 0 Å². The standard InChI is InChI=1S/C44H48NO13.3C4H9.Sn/c1-21-14-13-15-22(2)42(52)45-29-20-30(47)32-33(37(29)50)39(57-43(53)28-16-11-10-12-17-28)26(6)40-34(32)41(51)44(8,58-40)55-19-18-31(54-9)23(3)38(56-27(7)46)25(5)36(49)24(4)35(21)48;3*1-3-4-2;/h11-21,23-25,31,35-36,38,48-49H,1-9H3,(H,45,52);3*1,3-4H2,2H3;/b14-13+,19-18+,22-15-;;;;/t21-,23+,24+,25+,31-,35-,36+,38+,44-;;;;/m0..../s1. The molecule has 0 radical (unpaired) electrons. The molecule has 3 aliphatic heterocycles. The Morgan fingerprint density at radius 2 is 1.42 bits per heavy atom. The molecule has 0 fully saturated rings. The van der Waals surface area contributed by atoms with E-state index >= 15 is 0 Å². The summed E-state index contributed by atoms with van der Waals surface area (Å²) in [6.45, 7) is 19.2. The maximum atomic E-state index is 14.7. The number of benzene rings is 2. The fourth-order valence-electron chi connectivity index (χ4n) is 10.2. The van der Waals surface area contributed by atoms with Gasteiger partial charge in [0, 0.05) is 43.3 Å². The number of esters is 2. The average molecular weight is 1090 g/mol. The Kier molecular flexibility index (Phi) is 19.8. The van der Waals surface area contributed by atoms with Crippen LogP contribution in [-0.4, -0.2) is 101 Å². The summed E-state index contributed by atoms with van der Waals surface area (Å²) in [6.07, 6.45) is 11.2. The Morgan fingerprint density at radius 1 is 0.817 bits per heavy atom. The molecule has 5 bridgehead atoms. The van der Waals surface area contributed by atoms with E-state index in [-0.39, 0.29) is 39.3 Å². The van der Waals surface area contributed by atoms with Crippen LogP contribution < -0.4 is 18.4 Å². The number of hydrogen-bond donors (Lipinski definition) is 3. The zero-order chi connectivity index (χ0) is 52.5. The van der Waals surface area contributed by atoms with Crippen molar-refractivity contribution in [2.75, 3.05) is 7.11 Å². The van der Waals surface area contributed by atoms with E-state index in [1.54, 1.807) is 52.0 Å². The summed E-state index contributed by atoms with van der Waals surface area (Å²) in [5.74, 6) is -9.78. The van der Waals surface area contributed by atoms with Crippen LogP contribution >= 0.6 is 0 Å². The number of allylic oxidation sites excluding steroid dienone is 4. The van der Waals surface area contributed by atoms with Crippen LogP contribution in [0, 0.1) is 30.6 Å². The van der Waals surface area contributed by atoms with Gasteiger partial charge in [-0.1, -0.05) is 45.9 Å². The van der Waals surface area contributed by atoms with Gasteiger partial charge in [0.05, 0.1) is 24.6 Å². The number of unbranched alkanes of at least 4 members (excludes halogenated alkanes) is 3. The normalized spacial score (nSPS) is 27.9. The predicted octanol–water partition coefficient (Wildman–Crippen LogP) is 9.20. The first-order valence-corrected chi connectivity index (χ1v) is 32.7. The van der Waals surface area contributed by atoms with Gasteiger partial charge in [0.1, 0.15) is 6.10 Å². The molecule has 71 heavy (non-hydrogen) atoms. The molecule has 0 spiro atoms. The molecule has 2 aromatic rings. The molecule has 15 heteroatoms. The van der Waals surface area contributed by atoms with E-state index in [4.69, 9.17) is 23.7 Å². The molecule has 9 atom stereocenters. The SMILES string of the molecule is CCC[CH2][Sn]([CH2]CCC)([CH2]CCC)[c]1ccc(C(=O)Oc2c(C)c3c4c5c2C(=O)C(=CC5=O)NC(=O)/C(C)=C\C=C\[C@H](C)[C@H](O)[C@@H](C)[C@@H](O)[C@@H](C)[C@H](OC(C)=O)[C@H](C)[C@@H](OC)/C=C/O[C@@](C)(O3)C4=O)cc1. The summed E-state index contributed by atoms with van der Waals surface area (Å²) >= 11 is -2.88.